The Bertz CT molecular complexity index is 1320. The molecule has 0 bridgehead atoms. The Balaban J connectivity index is 1.43. The van der Waals surface area contributed by atoms with E-state index in [9.17, 15) is 14.9 Å². The molecule has 2 heterocycles. The van der Waals surface area contributed by atoms with Crippen LogP contribution in [0.5, 0.6) is 0 Å². The molecule has 9 heteroatoms. The average molecular weight is 487 g/mol. The van der Waals surface area contributed by atoms with Gasteiger partial charge in [-0.1, -0.05) is 29.8 Å². The molecule has 2 aromatic carbocycles. The summed E-state index contributed by atoms with van der Waals surface area (Å²) in [5.41, 5.74) is 3.61. The summed E-state index contributed by atoms with van der Waals surface area (Å²) in [6.45, 7) is 4.76. The number of guanidine groups is 1. The molecule has 1 atom stereocenters. The molecule has 2 amide bonds. The summed E-state index contributed by atoms with van der Waals surface area (Å²) < 4.78 is 5.61. The van der Waals surface area contributed by atoms with Crippen molar-refractivity contribution in [2.45, 2.75) is 45.7 Å². The first kappa shape index (κ1) is 24.8. The summed E-state index contributed by atoms with van der Waals surface area (Å²) in [7, 11) is 0. The number of aryl methyl sites for hydroxylation is 2. The number of nitrogens with zero attached hydrogens (tertiary/aromatic N) is 3. The molecule has 0 aliphatic carbocycles. The van der Waals surface area contributed by atoms with Crippen LogP contribution in [0.1, 0.15) is 36.1 Å². The van der Waals surface area contributed by atoms with Crippen LogP contribution in [0.15, 0.2) is 57.9 Å². The minimum Gasteiger partial charge on any atom is -0.461 e. The van der Waals surface area contributed by atoms with Gasteiger partial charge in [-0.3, -0.25) is 14.9 Å². The molecule has 9 nitrogen and oxygen atoms in total. The van der Waals surface area contributed by atoms with Gasteiger partial charge in [0, 0.05) is 24.2 Å². The largest absolute Gasteiger partial charge is 0.461 e. The van der Waals surface area contributed by atoms with E-state index in [-0.39, 0.29) is 24.3 Å². The standard InChI is InChI=1S/C27H30N6O3/c1-18-6-5-7-20(12-18)15-29-25(34)16-33-11-4-3-8-23(26(33)35)32-27(30-17-28)31-22-9-10-24-21(14-22)13-19(2)36-24/h5-7,9-10,12-14,23H,3-4,8,11,15-16H2,1-2H3,(H,29,34)(H2,30,31,32). The van der Waals surface area contributed by atoms with Gasteiger partial charge in [0.25, 0.3) is 0 Å². The predicted molar refractivity (Wildman–Crippen MR) is 138 cm³/mol. The first-order valence-electron chi connectivity index (χ1n) is 12.0. The summed E-state index contributed by atoms with van der Waals surface area (Å²) in [5.74, 6) is 0.546. The lowest BCUT2D eigenvalue weighted by atomic mass is 10.1. The van der Waals surface area contributed by atoms with Crippen molar-refractivity contribution in [3.05, 3.63) is 65.4 Å². The van der Waals surface area contributed by atoms with Gasteiger partial charge in [0.05, 0.1) is 6.54 Å². The van der Waals surface area contributed by atoms with Gasteiger partial charge in [-0.25, -0.2) is 4.99 Å². The fraction of sp³-hybridized carbons (Fsp3) is 0.333. The van der Waals surface area contributed by atoms with E-state index in [1.807, 2.05) is 68.6 Å². The molecule has 0 spiro atoms. The maximum absolute atomic E-state index is 13.3. The monoisotopic (exact) mass is 486 g/mol. The summed E-state index contributed by atoms with van der Waals surface area (Å²) >= 11 is 0. The molecule has 1 aliphatic rings. The highest BCUT2D eigenvalue weighted by Crippen LogP contribution is 2.23. The lowest BCUT2D eigenvalue weighted by Crippen LogP contribution is -2.44. The van der Waals surface area contributed by atoms with Crippen molar-refractivity contribution in [2.75, 3.05) is 18.4 Å². The Kier molecular flexibility index (Phi) is 7.85. The molecule has 36 heavy (non-hydrogen) atoms. The van der Waals surface area contributed by atoms with Gasteiger partial charge in [0.2, 0.25) is 17.8 Å². The van der Waals surface area contributed by atoms with Crippen molar-refractivity contribution in [2.24, 2.45) is 4.99 Å². The molecule has 1 saturated heterocycles. The highest BCUT2D eigenvalue weighted by Gasteiger charge is 2.28. The number of nitriles is 1. The number of likely N-dealkylation sites (tertiary alicyclic amines) is 1. The van der Waals surface area contributed by atoms with Crippen LogP contribution in [-0.2, 0) is 16.1 Å². The van der Waals surface area contributed by atoms with E-state index in [0.717, 1.165) is 40.7 Å². The molecule has 4 rings (SSSR count). The number of benzene rings is 2. The van der Waals surface area contributed by atoms with Crippen LogP contribution in [0, 0.1) is 25.3 Å². The smallest absolute Gasteiger partial charge is 0.247 e. The summed E-state index contributed by atoms with van der Waals surface area (Å²) in [5, 5.41) is 18.7. The van der Waals surface area contributed by atoms with Crippen LogP contribution in [0.25, 0.3) is 11.0 Å². The second-order valence-corrected chi connectivity index (χ2v) is 8.99. The van der Waals surface area contributed by atoms with Crippen LogP contribution in [0.2, 0.25) is 0 Å². The lowest BCUT2D eigenvalue weighted by molar-refractivity contribution is -0.136. The molecule has 3 N–H and O–H groups in total. The molecule has 1 fully saturated rings. The van der Waals surface area contributed by atoms with E-state index in [1.165, 1.54) is 0 Å². The zero-order chi connectivity index (χ0) is 25.5. The Morgan fingerprint density at radius 1 is 1.19 bits per heavy atom. The number of hydrogen-bond donors (Lipinski definition) is 3. The number of rotatable bonds is 6. The number of aliphatic imine (C=N–C) groups is 1. The fourth-order valence-corrected chi connectivity index (χ4v) is 4.31. The maximum atomic E-state index is 13.3. The molecule has 186 valence electrons. The minimum absolute atomic E-state index is 0.0262. The second kappa shape index (κ2) is 11.4. The number of amides is 2. The van der Waals surface area contributed by atoms with Crippen molar-refractivity contribution in [1.29, 1.82) is 5.26 Å². The Labute approximate surface area is 210 Å². The molecule has 1 aliphatic heterocycles. The van der Waals surface area contributed by atoms with Crippen molar-refractivity contribution in [1.82, 2.24) is 15.5 Å². The summed E-state index contributed by atoms with van der Waals surface area (Å²) in [4.78, 5) is 31.9. The molecule has 1 aromatic heterocycles. The average Bonchev–Trinajstić information content (AvgIpc) is 3.14. The van der Waals surface area contributed by atoms with Gasteiger partial charge in [-0.15, -0.1) is 0 Å². The number of nitrogens with one attached hydrogen (secondary N) is 3. The van der Waals surface area contributed by atoms with Crippen molar-refractivity contribution < 1.29 is 14.0 Å². The third-order valence-corrected chi connectivity index (χ3v) is 6.02. The van der Waals surface area contributed by atoms with E-state index < -0.39 is 6.04 Å². The van der Waals surface area contributed by atoms with Crippen LogP contribution < -0.4 is 16.0 Å². The Morgan fingerprint density at radius 2 is 2.06 bits per heavy atom. The van der Waals surface area contributed by atoms with E-state index in [1.54, 1.807) is 4.90 Å². The van der Waals surface area contributed by atoms with Crippen molar-refractivity contribution in [3.8, 4) is 6.19 Å². The third kappa shape index (κ3) is 6.42. The first-order valence-corrected chi connectivity index (χ1v) is 12.0. The Hall–Kier alpha value is -4.32. The van der Waals surface area contributed by atoms with E-state index in [2.05, 4.69) is 20.9 Å². The number of carbonyl (C=O) groups excluding carboxylic acids is 2. The van der Waals surface area contributed by atoms with Gasteiger partial charge in [-0.2, -0.15) is 5.26 Å². The van der Waals surface area contributed by atoms with Crippen LogP contribution in [-0.4, -0.2) is 41.8 Å². The van der Waals surface area contributed by atoms with Crippen LogP contribution in [0.3, 0.4) is 0 Å². The predicted octanol–water partition coefficient (Wildman–Crippen LogP) is 3.59. The normalized spacial score (nSPS) is 16.4. The molecule has 0 radical (unpaired) electrons. The van der Waals surface area contributed by atoms with Crippen LogP contribution in [0.4, 0.5) is 5.69 Å². The quantitative estimate of drug-likeness (QED) is 0.212. The van der Waals surface area contributed by atoms with Gasteiger partial charge in [0.15, 0.2) is 6.19 Å². The minimum atomic E-state index is -0.694. The highest BCUT2D eigenvalue weighted by molar-refractivity contribution is 5.98. The molecule has 1 unspecified atom stereocenters. The molecular weight excluding hydrogens is 456 g/mol. The highest BCUT2D eigenvalue weighted by atomic mass is 16.3. The number of furan rings is 1. The second-order valence-electron chi connectivity index (χ2n) is 8.99. The van der Waals surface area contributed by atoms with Gasteiger partial charge in [0.1, 0.15) is 17.4 Å². The van der Waals surface area contributed by atoms with Gasteiger partial charge < -0.3 is 20.0 Å². The summed E-state index contributed by atoms with van der Waals surface area (Å²) in [6.07, 6.45) is 4.00. The number of hydrogen-bond acceptors (Lipinski definition) is 5. The first-order chi connectivity index (χ1) is 17.4. The van der Waals surface area contributed by atoms with E-state index in [0.29, 0.717) is 25.2 Å². The van der Waals surface area contributed by atoms with Crippen molar-refractivity contribution in [3.63, 3.8) is 0 Å². The van der Waals surface area contributed by atoms with Gasteiger partial charge >= 0.3 is 0 Å². The Morgan fingerprint density at radius 3 is 2.86 bits per heavy atom. The summed E-state index contributed by atoms with van der Waals surface area (Å²) in [6, 6.07) is 14.7. The fourth-order valence-electron chi connectivity index (χ4n) is 4.31. The number of carbonyl (C=O) groups is 2. The molecular formula is C27H30N6O3. The SMILES string of the molecule is Cc1cccc(CNC(=O)CN2CCCCC(N=C(NC#N)Nc3ccc4oc(C)cc4c3)C2=O)c1. The van der Waals surface area contributed by atoms with Gasteiger partial charge in [-0.05, 0) is 62.9 Å². The molecule has 0 saturated carbocycles. The number of anilines is 1. The van der Waals surface area contributed by atoms with Crippen molar-refractivity contribution >= 4 is 34.4 Å². The third-order valence-electron chi connectivity index (χ3n) is 6.02. The number of fused-ring (bicyclic) bond motifs is 1. The zero-order valence-electron chi connectivity index (χ0n) is 20.5. The van der Waals surface area contributed by atoms with E-state index >= 15 is 0 Å². The molecule has 3 aromatic rings. The van der Waals surface area contributed by atoms with Crippen LogP contribution >= 0.6 is 0 Å². The van der Waals surface area contributed by atoms with E-state index in [4.69, 9.17) is 4.42 Å². The lowest BCUT2D eigenvalue weighted by Gasteiger charge is -2.22. The topological polar surface area (TPSA) is 123 Å². The zero-order valence-corrected chi connectivity index (χ0v) is 20.5. The maximum Gasteiger partial charge on any atom is 0.247 e.